The van der Waals surface area contributed by atoms with Gasteiger partial charge in [0.25, 0.3) is 0 Å². The number of nitrogens with one attached hydrogen (secondary N) is 1. The van der Waals surface area contributed by atoms with Crippen molar-refractivity contribution in [1.29, 1.82) is 0 Å². The third-order valence-electron chi connectivity index (χ3n) is 4.79. The van der Waals surface area contributed by atoms with E-state index >= 15 is 0 Å². The number of benzene rings is 1. The molecular weight excluding hydrogens is 254 g/mol. The number of fused-ring (bicyclic) bond motifs is 1. The Labute approximate surface area is 118 Å². The molecule has 0 saturated heterocycles. The van der Waals surface area contributed by atoms with Gasteiger partial charge in [0.05, 0.1) is 11.3 Å². The first-order chi connectivity index (χ1) is 9.62. The van der Waals surface area contributed by atoms with Crippen LogP contribution in [0.3, 0.4) is 0 Å². The fourth-order valence-corrected chi connectivity index (χ4v) is 3.39. The van der Waals surface area contributed by atoms with Gasteiger partial charge < -0.3 is 10.4 Å². The quantitative estimate of drug-likeness (QED) is 0.882. The Bertz CT molecular complexity index is 546. The molecule has 0 aromatic heterocycles. The topological polar surface area (TPSA) is 66.4 Å². The lowest BCUT2D eigenvalue weighted by Gasteiger charge is -2.31. The molecule has 0 radical (unpaired) electrons. The van der Waals surface area contributed by atoms with Crippen molar-refractivity contribution in [1.82, 2.24) is 5.32 Å². The van der Waals surface area contributed by atoms with Crippen molar-refractivity contribution in [2.45, 2.75) is 38.0 Å². The molecule has 0 heterocycles. The van der Waals surface area contributed by atoms with Gasteiger partial charge in [-0.15, -0.1) is 0 Å². The smallest absolute Gasteiger partial charge is 0.311 e. The molecule has 1 amide bonds. The molecule has 0 bridgehead atoms. The molecule has 1 aromatic rings. The summed E-state index contributed by atoms with van der Waals surface area (Å²) in [5.41, 5.74) is 1.57. The summed E-state index contributed by atoms with van der Waals surface area (Å²) in [5, 5.41) is 12.3. The van der Waals surface area contributed by atoms with E-state index in [0.717, 1.165) is 24.8 Å². The lowest BCUT2D eigenvalue weighted by molar-refractivity contribution is -0.148. The Morgan fingerprint density at radius 2 is 1.95 bits per heavy atom. The maximum Gasteiger partial charge on any atom is 0.311 e. The number of carboxylic acids is 1. The number of rotatable bonds is 4. The molecule has 1 aromatic carbocycles. The summed E-state index contributed by atoms with van der Waals surface area (Å²) < 4.78 is 0. The molecule has 1 saturated carbocycles. The largest absolute Gasteiger partial charge is 0.481 e. The van der Waals surface area contributed by atoms with Crippen molar-refractivity contribution >= 4 is 11.9 Å². The van der Waals surface area contributed by atoms with Gasteiger partial charge in [-0.3, -0.25) is 9.59 Å². The second-order valence-electron chi connectivity index (χ2n) is 5.97. The first-order valence-corrected chi connectivity index (χ1v) is 7.21. The van der Waals surface area contributed by atoms with Gasteiger partial charge in [0, 0.05) is 6.54 Å². The van der Waals surface area contributed by atoms with Crippen LogP contribution in [0, 0.1) is 5.41 Å². The average molecular weight is 273 g/mol. The highest BCUT2D eigenvalue weighted by atomic mass is 16.4. The molecular formula is C16H19NO3. The van der Waals surface area contributed by atoms with E-state index in [9.17, 15) is 14.7 Å². The highest BCUT2D eigenvalue weighted by molar-refractivity contribution is 5.87. The van der Waals surface area contributed by atoms with E-state index in [0.29, 0.717) is 12.8 Å². The fraction of sp³-hybridized carbons (Fsp3) is 0.500. The van der Waals surface area contributed by atoms with E-state index in [1.807, 2.05) is 24.3 Å². The van der Waals surface area contributed by atoms with Crippen molar-refractivity contribution in [3.63, 3.8) is 0 Å². The highest BCUT2D eigenvalue weighted by Gasteiger charge is 2.42. The van der Waals surface area contributed by atoms with Crippen molar-refractivity contribution in [2.75, 3.05) is 6.54 Å². The first kappa shape index (κ1) is 13.2. The van der Waals surface area contributed by atoms with Crippen LogP contribution in [-0.2, 0) is 16.0 Å². The van der Waals surface area contributed by atoms with E-state index < -0.39 is 11.4 Å². The van der Waals surface area contributed by atoms with Crippen molar-refractivity contribution < 1.29 is 14.7 Å². The maximum absolute atomic E-state index is 12.2. The third kappa shape index (κ3) is 2.09. The molecule has 3 rings (SSSR count). The molecule has 1 fully saturated rings. The molecule has 0 aliphatic heterocycles. The molecule has 2 aliphatic rings. The standard InChI is InChI=1S/C16H19NO3/c18-14(13-9-11-5-1-2-6-12(11)13)17-10-16(15(19)20)7-3-4-8-16/h1-2,5-6,13H,3-4,7-10H2,(H,17,18)(H,19,20). The molecule has 1 unspecified atom stereocenters. The van der Waals surface area contributed by atoms with Crippen LogP contribution in [0.4, 0.5) is 0 Å². The SMILES string of the molecule is O=C(NCC1(C(=O)O)CCCC1)C1Cc2ccccc21. The van der Waals surface area contributed by atoms with Crippen LogP contribution < -0.4 is 5.32 Å². The lowest BCUT2D eigenvalue weighted by atomic mass is 9.77. The summed E-state index contributed by atoms with van der Waals surface area (Å²) in [7, 11) is 0. The van der Waals surface area contributed by atoms with Crippen LogP contribution >= 0.6 is 0 Å². The van der Waals surface area contributed by atoms with E-state index in [1.54, 1.807) is 0 Å². The summed E-state index contributed by atoms with van der Waals surface area (Å²) in [6.45, 7) is 0.264. The molecule has 2 N–H and O–H groups in total. The zero-order valence-corrected chi connectivity index (χ0v) is 11.4. The zero-order valence-electron chi connectivity index (χ0n) is 11.4. The predicted octanol–water partition coefficient (Wildman–Crippen LogP) is 2.09. The van der Waals surface area contributed by atoms with Gasteiger partial charge in [0.1, 0.15) is 0 Å². The summed E-state index contributed by atoms with van der Waals surface area (Å²) in [4.78, 5) is 23.6. The Hall–Kier alpha value is -1.84. The molecule has 2 aliphatic carbocycles. The highest BCUT2D eigenvalue weighted by Crippen LogP contribution is 2.39. The second kappa shape index (κ2) is 4.93. The van der Waals surface area contributed by atoms with Crippen LogP contribution in [0.5, 0.6) is 0 Å². The number of carbonyl (C=O) groups is 2. The van der Waals surface area contributed by atoms with E-state index in [2.05, 4.69) is 5.32 Å². The number of hydrogen-bond acceptors (Lipinski definition) is 2. The molecule has 106 valence electrons. The summed E-state index contributed by atoms with van der Waals surface area (Å²) in [5.74, 6) is -0.904. The number of carboxylic acid groups (broad SMARTS) is 1. The monoisotopic (exact) mass is 273 g/mol. The van der Waals surface area contributed by atoms with E-state index in [1.165, 1.54) is 5.56 Å². The summed E-state index contributed by atoms with van der Waals surface area (Å²) >= 11 is 0. The van der Waals surface area contributed by atoms with Crippen molar-refractivity contribution in [3.05, 3.63) is 35.4 Å². The zero-order chi connectivity index (χ0) is 14.2. The van der Waals surface area contributed by atoms with Crippen molar-refractivity contribution in [2.24, 2.45) is 5.41 Å². The molecule has 1 atom stereocenters. The molecule has 0 spiro atoms. The van der Waals surface area contributed by atoms with Crippen LogP contribution in [0.1, 0.15) is 42.7 Å². The van der Waals surface area contributed by atoms with Crippen LogP contribution in [0.25, 0.3) is 0 Å². The van der Waals surface area contributed by atoms with Gasteiger partial charge in [0.2, 0.25) is 5.91 Å². The Balaban J connectivity index is 1.62. The number of aliphatic carboxylic acids is 1. The van der Waals surface area contributed by atoms with Gasteiger partial charge in [-0.25, -0.2) is 0 Å². The predicted molar refractivity (Wildman–Crippen MR) is 74.4 cm³/mol. The average Bonchev–Trinajstić information content (AvgIpc) is 2.88. The number of amides is 1. The Kier molecular flexibility index (Phi) is 3.24. The Morgan fingerprint density at radius 3 is 2.60 bits per heavy atom. The lowest BCUT2D eigenvalue weighted by Crippen LogP contribution is -2.44. The van der Waals surface area contributed by atoms with Gasteiger partial charge in [-0.2, -0.15) is 0 Å². The van der Waals surface area contributed by atoms with Crippen LogP contribution in [0.15, 0.2) is 24.3 Å². The fourth-order valence-electron chi connectivity index (χ4n) is 3.39. The summed E-state index contributed by atoms with van der Waals surface area (Å²) in [6.07, 6.45) is 3.98. The van der Waals surface area contributed by atoms with E-state index in [4.69, 9.17) is 0 Å². The van der Waals surface area contributed by atoms with Crippen molar-refractivity contribution in [3.8, 4) is 0 Å². The van der Waals surface area contributed by atoms with Gasteiger partial charge in [-0.05, 0) is 30.4 Å². The van der Waals surface area contributed by atoms with Crippen LogP contribution in [-0.4, -0.2) is 23.5 Å². The Morgan fingerprint density at radius 1 is 1.25 bits per heavy atom. The number of carbonyl (C=O) groups excluding carboxylic acids is 1. The second-order valence-corrected chi connectivity index (χ2v) is 5.97. The van der Waals surface area contributed by atoms with E-state index in [-0.39, 0.29) is 18.4 Å². The molecule has 4 nitrogen and oxygen atoms in total. The minimum absolute atomic E-state index is 0.0313. The molecule has 20 heavy (non-hydrogen) atoms. The van der Waals surface area contributed by atoms with Gasteiger partial charge >= 0.3 is 5.97 Å². The first-order valence-electron chi connectivity index (χ1n) is 7.21. The third-order valence-corrected chi connectivity index (χ3v) is 4.79. The normalized spacial score (nSPS) is 22.7. The minimum atomic E-state index is -0.774. The number of hydrogen-bond donors (Lipinski definition) is 2. The van der Waals surface area contributed by atoms with Gasteiger partial charge in [-0.1, -0.05) is 37.1 Å². The minimum Gasteiger partial charge on any atom is -0.481 e. The van der Waals surface area contributed by atoms with Crippen LogP contribution in [0.2, 0.25) is 0 Å². The van der Waals surface area contributed by atoms with Gasteiger partial charge in [0.15, 0.2) is 0 Å². The molecule has 4 heteroatoms. The summed E-state index contributed by atoms with van der Waals surface area (Å²) in [6, 6.07) is 7.93. The maximum atomic E-state index is 12.2.